The van der Waals surface area contributed by atoms with E-state index in [1.807, 2.05) is 0 Å². The van der Waals surface area contributed by atoms with Crippen LogP contribution in [-0.2, 0) is 0 Å². The number of rotatable bonds is 4. The second-order valence-corrected chi connectivity index (χ2v) is 6.70. The predicted octanol–water partition coefficient (Wildman–Crippen LogP) is 3.27. The Balaban J connectivity index is 1.84. The van der Waals surface area contributed by atoms with Gasteiger partial charge in [-0.05, 0) is 25.0 Å². The number of hydrogen-bond acceptors (Lipinski definition) is 4. The summed E-state index contributed by atoms with van der Waals surface area (Å²) in [4.78, 5) is 12.4. The van der Waals surface area contributed by atoms with Crippen LogP contribution in [0.1, 0.15) is 32.1 Å². The molecule has 0 unspecified atom stereocenters. The topological polar surface area (TPSA) is 67.2 Å². The minimum atomic E-state index is -0.914. The molecule has 1 saturated carbocycles. The zero-order valence-electron chi connectivity index (χ0n) is 13.4. The summed E-state index contributed by atoms with van der Waals surface area (Å²) < 4.78 is 27.6. The lowest BCUT2D eigenvalue weighted by atomic mass is 9.85. The van der Waals surface area contributed by atoms with Gasteiger partial charge in [0.2, 0.25) is 0 Å². The van der Waals surface area contributed by atoms with Crippen molar-refractivity contribution in [1.82, 2.24) is 9.78 Å². The Morgan fingerprint density at radius 1 is 1.28 bits per heavy atom. The van der Waals surface area contributed by atoms with E-state index in [4.69, 9.17) is 11.6 Å². The SMILES string of the molecule is O=c1c(Cl)c(NCC2(O)CCCCC2)cnn1-c1ccc(F)cc1F. The van der Waals surface area contributed by atoms with Crippen LogP contribution in [0.3, 0.4) is 0 Å². The van der Waals surface area contributed by atoms with Gasteiger partial charge in [-0.25, -0.2) is 8.78 Å². The van der Waals surface area contributed by atoms with Crippen LogP contribution in [0, 0.1) is 11.6 Å². The van der Waals surface area contributed by atoms with Crippen molar-refractivity contribution in [1.29, 1.82) is 0 Å². The van der Waals surface area contributed by atoms with Crippen LogP contribution in [0.2, 0.25) is 5.02 Å². The van der Waals surface area contributed by atoms with Gasteiger partial charge in [-0.2, -0.15) is 9.78 Å². The summed E-state index contributed by atoms with van der Waals surface area (Å²) in [6.45, 7) is 0.253. The molecule has 0 spiro atoms. The van der Waals surface area contributed by atoms with E-state index < -0.39 is 22.8 Å². The molecule has 1 aromatic heterocycles. The Bertz CT molecular complexity index is 835. The van der Waals surface area contributed by atoms with Crippen molar-refractivity contribution in [3.05, 3.63) is 51.4 Å². The lowest BCUT2D eigenvalue weighted by Gasteiger charge is -2.32. The Hall–Kier alpha value is -1.99. The Morgan fingerprint density at radius 2 is 2.00 bits per heavy atom. The molecule has 0 amide bonds. The molecule has 0 radical (unpaired) electrons. The van der Waals surface area contributed by atoms with E-state index in [0.717, 1.165) is 36.1 Å². The third-order valence-corrected chi connectivity index (χ3v) is 4.81. The van der Waals surface area contributed by atoms with E-state index in [0.29, 0.717) is 18.9 Å². The van der Waals surface area contributed by atoms with Crippen LogP contribution >= 0.6 is 11.6 Å². The largest absolute Gasteiger partial charge is 0.388 e. The maximum absolute atomic E-state index is 13.9. The van der Waals surface area contributed by atoms with E-state index in [-0.39, 0.29) is 22.9 Å². The minimum Gasteiger partial charge on any atom is -0.388 e. The van der Waals surface area contributed by atoms with Crippen molar-refractivity contribution >= 4 is 17.3 Å². The smallest absolute Gasteiger partial charge is 0.292 e. The number of halogens is 3. The summed E-state index contributed by atoms with van der Waals surface area (Å²) in [6.07, 6.45) is 5.67. The highest BCUT2D eigenvalue weighted by molar-refractivity contribution is 6.32. The fourth-order valence-electron chi connectivity index (χ4n) is 3.03. The zero-order valence-corrected chi connectivity index (χ0v) is 14.2. The summed E-state index contributed by atoms with van der Waals surface area (Å²) in [7, 11) is 0. The molecule has 1 aliphatic rings. The van der Waals surface area contributed by atoms with Crippen molar-refractivity contribution in [2.75, 3.05) is 11.9 Å². The number of hydrogen-bond donors (Lipinski definition) is 2. The quantitative estimate of drug-likeness (QED) is 0.868. The third-order valence-electron chi connectivity index (χ3n) is 4.45. The van der Waals surface area contributed by atoms with Crippen LogP contribution in [-0.4, -0.2) is 27.0 Å². The molecule has 2 aromatic rings. The molecule has 25 heavy (non-hydrogen) atoms. The van der Waals surface area contributed by atoms with Gasteiger partial charge in [0.05, 0.1) is 17.5 Å². The summed E-state index contributed by atoms with van der Waals surface area (Å²) in [6, 6.07) is 2.82. The maximum Gasteiger partial charge on any atom is 0.292 e. The van der Waals surface area contributed by atoms with Gasteiger partial charge in [-0.1, -0.05) is 30.9 Å². The third kappa shape index (κ3) is 3.82. The molecule has 0 saturated heterocycles. The fraction of sp³-hybridized carbons (Fsp3) is 0.412. The first-order chi connectivity index (χ1) is 11.9. The Labute approximate surface area is 148 Å². The van der Waals surface area contributed by atoms with Crippen LogP contribution in [0.5, 0.6) is 0 Å². The van der Waals surface area contributed by atoms with Gasteiger partial charge in [0.25, 0.3) is 5.56 Å². The highest BCUT2D eigenvalue weighted by atomic mass is 35.5. The van der Waals surface area contributed by atoms with Crippen molar-refractivity contribution in [3.8, 4) is 5.69 Å². The lowest BCUT2D eigenvalue weighted by molar-refractivity contribution is 0.0167. The van der Waals surface area contributed by atoms with E-state index >= 15 is 0 Å². The van der Waals surface area contributed by atoms with Gasteiger partial charge in [0.1, 0.15) is 16.5 Å². The molecule has 3 rings (SSSR count). The van der Waals surface area contributed by atoms with E-state index in [1.54, 1.807) is 0 Å². The van der Waals surface area contributed by atoms with Gasteiger partial charge < -0.3 is 10.4 Å². The molecular formula is C17H18ClF2N3O2. The average Bonchev–Trinajstić information content (AvgIpc) is 2.58. The minimum absolute atomic E-state index is 0.168. The summed E-state index contributed by atoms with van der Waals surface area (Å²) in [5, 5.41) is 17.2. The van der Waals surface area contributed by atoms with E-state index in [9.17, 15) is 18.7 Å². The van der Waals surface area contributed by atoms with Gasteiger partial charge in [0.15, 0.2) is 5.82 Å². The first-order valence-electron chi connectivity index (χ1n) is 8.09. The fourth-order valence-corrected chi connectivity index (χ4v) is 3.22. The van der Waals surface area contributed by atoms with Gasteiger partial charge >= 0.3 is 0 Å². The number of aliphatic hydroxyl groups is 1. The van der Waals surface area contributed by atoms with Crippen molar-refractivity contribution < 1.29 is 13.9 Å². The molecule has 1 heterocycles. The first kappa shape index (κ1) is 17.8. The monoisotopic (exact) mass is 369 g/mol. The molecule has 1 aliphatic carbocycles. The van der Waals surface area contributed by atoms with Crippen molar-refractivity contribution in [2.45, 2.75) is 37.7 Å². The molecule has 0 aliphatic heterocycles. The standard InChI is InChI=1S/C17H18ClF2N3O2/c18-15-13(21-10-17(25)6-2-1-3-7-17)9-22-23(16(15)24)14-5-4-11(19)8-12(14)20/h4-5,8-9,21,25H,1-3,6-7,10H2. The molecule has 134 valence electrons. The molecular weight excluding hydrogens is 352 g/mol. The average molecular weight is 370 g/mol. The Morgan fingerprint density at radius 3 is 2.68 bits per heavy atom. The van der Waals surface area contributed by atoms with Gasteiger partial charge in [0, 0.05) is 12.6 Å². The maximum atomic E-state index is 13.9. The van der Waals surface area contributed by atoms with Crippen LogP contribution in [0.25, 0.3) is 5.69 Å². The number of benzene rings is 1. The highest BCUT2D eigenvalue weighted by Gasteiger charge is 2.29. The van der Waals surface area contributed by atoms with E-state index in [2.05, 4.69) is 10.4 Å². The summed E-state index contributed by atoms with van der Waals surface area (Å²) >= 11 is 6.08. The van der Waals surface area contributed by atoms with Crippen LogP contribution < -0.4 is 10.9 Å². The zero-order chi connectivity index (χ0) is 18.0. The van der Waals surface area contributed by atoms with Crippen molar-refractivity contribution in [2.24, 2.45) is 0 Å². The normalized spacial score (nSPS) is 16.6. The van der Waals surface area contributed by atoms with Gasteiger partial charge in [-0.3, -0.25) is 4.79 Å². The molecule has 8 heteroatoms. The number of anilines is 1. The predicted molar refractivity (Wildman–Crippen MR) is 91.3 cm³/mol. The summed E-state index contributed by atoms with van der Waals surface area (Å²) in [5.74, 6) is -1.66. The van der Waals surface area contributed by atoms with E-state index in [1.165, 1.54) is 6.20 Å². The first-order valence-corrected chi connectivity index (χ1v) is 8.47. The molecule has 2 N–H and O–H groups in total. The van der Waals surface area contributed by atoms with Crippen molar-refractivity contribution in [3.63, 3.8) is 0 Å². The molecule has 1 fully saturated rings. The van der Waals surface area contributed by atoms with Crippen LogP contribution in [0.4, 0.5) is 14.5 Å². The molecule has 0 atom stereocenters. The summed E-state index contributed by atoms with van der Waals surface area (Å²) in [5.41, 5.74) is -1.48. The Kier molecular flexibility index (Phi) is 5.06. The number of nitrogens with zero attached hydrogens (tertiary/aromatic N) is 2. The molecule has 1 aromatic carbocycles. The van der Waals surface area contributed by atoms with Gasteiger partial charge in [-0.15, -0.1) is 0 Å². The van der Waals surface area contributed by atoms with Crippen LogP contribution in [0.15, 0.2) is 29.2 Å². The molecule has 5 nitrogen and oxygen atoms in total. The lowest BCUT2D eigenvalue weighted by Crippen LogP contribution is -2.39. The number of aromatic nitrogens is 2. The number of nitrogens with one attached hydrogen (secondary N) is 1. The second kappa shape index (κ2) is 7.09. The second-order valence-electron chi connectivity index (χ2n) is 6.32. The highest BCUT2D eigenvalue weighted by Crippen LogP contribution is 2.29. The molecule has 0 bridgehead atoms.